The van der Waals surface area contributed by atoms with Crippen LogP contribution in [0.25, 0.3) is 10.2 Å². The second-order valence-electron chi connectivity index (χ2n) is 5.85. The van der Waals surface area contributed by atoms with Crippen LogP contribution in [0.5, 0.6) is 0 Å². The normalized spacial score (nSPS) is 11.0. The molecule has 0 radical (unpaired) electrons. The van der Waals surface area contributed by atoms with Crippen LogP contribution >= 0.6 is 34.7 Å². The topological polar surface area (TPSA) is 67.8 Å². The zero-order chi connectivity index (χ0) is 20.4. The summed E-state index contributed by atoms with van der Waals surface area (Å²) in [6.45, 7) is 0. The second kappa shape index (κ2) is 8.40. The fourth-order valence-corrected chi connectivity index (χ4v) is 4.25. The Labute approximate surface area is 177 Å². The van der Waals surface area contributed by atoms with Gasteiger partial charge in [-0.1, -0.05) is 46.8 Å². The van der Waals surface area contributed by atoms with Gasteiger partial charge >= 0.3 is 0 Å². The first kappa shape index (κ1) is 19.7. The first-order chi connectivity index (χ1) is 14.0. The van der Waals surface area contributed by atoms with Crippen molar-refractivity contribution in [1.29, 1.82) is 0 Å². The fraction of sp³-hybridized carbons (Fsp3) is 0.0526. The van der Waals surface area contributed by atoms with Gasteiger partial charge in [-0.25, -0.2) is 23.7 Å². The molecule has 0 unspecified atom stereocenters. The number of hydrogen-bond donors (Lipinski definition) is 1. The molecule has 2 heterocycles. The van der Waals surface area contributed by atoms with E-state index in [0.717, 1.165) is 16.9 Å². The highest BCUT2D eigenvalue weighted by Gasteiger charge is 2.17. The SMILES string of the molecule is O=C(Nc1nc2ccc(F)cc2s1)c1nc(SCc2ccc(F)cc2)ncc1Cl. The number of halogens is 3. The van der Waals surface area contributed by atoms with Crippen molar-refractivity contribution in [2.24, 2.45) is 0 Å². The number of thiazole rings is 1. The van der Waals surface area contributed by atoms with Crippen molar-refractivity contribution in [1.82, 2.24) is 15.0 Å². The monoisotopic (exact) mass is 448 g/mol. The third kappa shape index (κ3) is 4.69. The molecule has 0 spiro atoms. The number of rotatable bonds is 5. The molecule has 0 bridgehead atoms. The Morgan fingerprint density at radius 3 is 2.66 bits per heavy atom. The smallest absolute Gasteiger partial charge is 0.277 e. The average Bonchev–Trinajstić information content (AvgIpc) is 3.09. The first-order valence-electron chi connectivity index (χ1n) is 8.25. The molecule has 2 aromatic heterocycles. The summed E-state index contributed by atoms with van der Waals surface area (Å²) in [4.78, 5) is 25.2. The summed E-state index contributed by atoms with van der Waals surface area (Å²) in [6, 6.07) is 10.3. The lowest BCUT2D eigenvalue weighted by atomic mass is 10.2. The third-order valence-corrected chi connectivity index (χ3v) is 5.93. The van der Waals surface area contributed by atoms with Gasteiger partial charge in [-0.05, 0) is 35.9 Å². The summed E-state index contributed by atoms with van der Waals surface area (Å²) < 4.78 is 26.9. The molecule has 5 nitrogen and oxygen atoms in total. The minimum Gasteiger partial charge on any atom is -0.296 e. The van der Waals surface area contributed by atoms with Crippen LogP contribution < -0.4 is 5.32 Å². The molecule has 1 N–H and O–H groups in total. The number of fused-ring (bicyclic) bond motifs is 1. The van der Waals surface area contributed by atoms with Gasteiger partial charge in [0.1, 0.15) is 11.6 Å². The Bertz CT molecular complexity index is 1200. The van der Waals surface area contributed by atoms with E-state index in [-0.39, 0.29) is 22.4 Å². The second-order valence-corrected chi connectivity index (χ2v) is 8.23. The molecule has 0 aliphatic heterocycles. The molecule has 0 aliphatic carbocycles. The highest BCUT2D eigenvalue weighted by molar-refractivity contribution is 7.98. The van der Waals surface area contributed by atoms with Crippen LogP contribution in [0.3, 0.4) is 0 Å². The van der Waals surface area contributed by atoms with Crippen molar-refractivity contribution < 1.29 is 13.6 Å². The van der Waals surface area contributed by atoms with Crippen molar-refractivity contribution in [3.8, 4) is 0 Å². The Morgan fingerprint density at radius 1 is 1.10 bits per heavy atom. The lowest BCUT2D eigenvalue weighted by molar-refractivity contribution is 0.102. The van der Waals surface area contributed by atoms with Crippen LogP contribution in [0.1, 0.15) is 16.1 Å². The summed E-state index contributed by atoms with van der Waals surface area (Å²) in [5.74, 6) is -0.717. The number of nitrogens with zero attached hydrogens (tertiary/aromatic N) is 3. The number of anilines is 1. The van der Waals surface area contributed by atoms with Crippen LogP contribution in [-0.2, 0) is 5.75 Å². The maximum atomic E-state index is 13.3. The summed E-state index contributed by atoms with van der Waals surface area (Å²) in [5, 5.41) is 3.40. The van der Waals surface area contributed by atoms with Crippen LogP contribution in [0.4, 0.5) is 13.9 Å². The first-order valence-corrected chi connectivity index (χ1v) is 10.4. The third-order valence-electron chi connectivity index (χ3n) is 3.79. The molecular formula is C19H11ClF2N4OS2. The molecule has 29 heavy (non-hydrogen) atoms. The quantitative estimate of drug-likeness (QED) is 0.319. The molecule has 0 fully saturated rings. The number of thioether (sulfide) groups is 1. The van der Waals surface area contributed by atoms with Gasteiger partial charge in [0.15, 0.2) is 16.0 Å². The van der Waals surface area contributed by atoms with E-state index >= 15 is 0 Å². The molecule has 1 amide bonds. The van der Waals surface area contributed by atoms with Crippen molar-refractivity contribution in [3.63, 3.8) is 0 Å². The average molecular weight is 449 g/mol. The Balaban J connectivity index is 1.49. The van der Waals surface area contributed by atoms with Gasteiger partial charge in [-0.2, -0.15) is 0 Å². The predicted octanol–water partition coefficient (Wildman–Crippen LogP) is 5.56. The van der Waals surface area contributed by atoms with Gasteiger partial charge < -0.3 is 0 Å². The van der Waals surface area contributed by atoms with E-state index in [0.29, 0.717) is 26.3 Å². The Kier molecular flexibility index (Phi) is 5.70. The van der Waals surface area contributed by atoms with Crippen molar-refractivity contribution in [3.05, 3.63) is 76.6 Å². The zero-order valence-electron chi connectivity index (χ0n) is 14.5. The molecule has 0 saturated heterocycles. The van der Waals surface area contributed by atoms with Gasteiger partial charge in [0.25, 0.3) is 5.91 Å². The summed E-state index contributed by atoms with van der Waals surface area (Å²) in [7, 11) is 0. The van der Waals surface area contributed by atoms with Crippen molar-refractivity contribution >= 4 is 56.0 Å². The molecule has 0 saturated carbocycles. The van der Waals surface area contributed by atoms with Crippen LogP contribution in [0.2, 0.25) is 5.02 Å². The molecule has 4 rings (SSSR count). The number of carbonyl (C=O) groups is 1. The lowest BCUT2D eigenvalue weighted by Crippen LogP contribution is -2.15. The summed E-state index contributed by atoms with van der Waals surface area (Å²) in [6.07, 6.45) is 1.35. The maximum Gasteiger partial charge on any atom is 0.277 e. The number of carbonyl (C=O) groups excluding carboxylic acids is 1. The number of hydrogen-bond acceptors (Lipinski definition) is 6. The van der Waals surface area contributed by atoms with E-state index < -0.39 is 5.91 Å². The van der Waals surface area contributed by atoms with Crippen LogP contribution in [0, 0.1) is 11.6 Å². The zero-order valence-corrected chi connectivity index (χ0v) is 16.9. The van der Waals surface area contributed by atoms with E-state index in [1.54, 1.807) is 18.2 Å². The van der Waals surface area contributed by atoms with Crippen molar-refractivity contribution in [2.75, 3.05) is 5.32 Å². The molecule has 146 valence electrons. The van der Waals surface area contributed by atoms with Gasteiger partial charge in [-0.15, -0.1) is 0 Å². The fourth-order valence-electron chi connectivity index (χ4n) is 2.42. The minimum absolute atomic E-state index is 0.00806. The Hall–Kier alpha value is -2.62. The van der Waals surface area contributed by atoms with Crippen molar-refractivity contribution in [2.45, 2.75) is 10.9 Å². The van der Waals surface area contributed by atoms with Gasteiger partial charge in [0.2, 0.25) is 0 Å². The Morgan fingerprint density at radius 2 is 1.86 bits per heavy atom. The standard InChI is InChI=1S/C19H11ClF2N4OS2/c20-13-8-23-18(28-9-10-1-3-11(21)4-2-10)25-16(13)17(27)26-19-24-14-6-5-12(22)7-15(14)29-19/h1-8H,9H2,(H,24,26,27). The highest BCUT2D eigenvalue weighted by Crippen LogP contribution is 2.28. The lowest BCUT2D eigenvalue weighted by Gasteiger charge is -2.06. The molecule has 2 aromatic carbocycles. The summed E-state index contributed by atoms with van der Waals surface area (Å²) in [5.41, 5.74) is 1.48. The van der Waals surface area contributed by atoms with E-state index in [4.69, 9.17) is 11.6 Å². The predicted molar refractivity (Wildman–Crippen MR) is 111 cm³/mol. The number of nitrogens with one attached hydrogen (secondary N) is 1. The van der Waals surface area contributed by atoms with Gasteiger partial charge in [0, 0.05) is 5.75 Å². The number of amides is 1. The summed E-state index contributed by atoms with van der Waals surface area (Å²) >= 11 is 8.53. The van der Waals surface area contributed by atoms with E-state index in [2.05, 4.69) is 20.3 Å². The molecule has 0 aliphatic rings. The van der Waals surface area contributed by atoms with Crippen LogP contribution in [-0.4, -0.2) is 20.9 Å². The maximum absolute atomic E-state index is 13.3. The molecule has 0 atom stereocenters. The van der Waals surface area contributed by atoms with E-state index in [1.165, 1.54) is 42.2 Å². The number of aromatic nitrogens is 3. The van der Waals surface area contributed by atoms with Crippen LogP contribution in [0.15, 0.2) is 53.8 Å². The van der Waals surface area contributed by atoms with E-state index in [9.17, 15) is 13.6 Å². The molecule has 10 heteroatoms. The highest BCUT2D eigenvalue weighted by atomic mass is 35.5. The van der Waals surface area contributed by atoms with Gasteiger partial charge in [0.05, 0.1) is 21.4 Å². The van der Waals surface area contributed by atoms with Gasteiger partial charge in [-0.3, -0.25) is 10.1 Å². The minimum atomic E-state index is -0.541. The largest absolute Gasteiger partial charge is 0.296 e. The molecule has 4 aromatic rings. The molecular weight excluding hydrogens is 438 g/mol. The van der Waals surface area contributed by atoms with E-state index in [1.807, 2.05) is 0 Å². The number of benzene rings is 2.